The minimum Gasteiger partial charge on any atom is -0.401 e. The normalized spacial score (nSPS) is 23.7. The number of ether oxygens (including phenoxy) is 1. The third kappa shape index (κ3) is 3.06. The van der Waals surface area contributed by atoms with E-state index < -0.39 is 4.92 Å². The average molecular weight is 340 g/mol. The van der Waals surface area contributed by atoms with Crippen molar-refractivity contribution in [1.82, 2.24) is 4.90 Å². The smallest absolute Gasteiger partial charge is 0.401 e. The summed E-state index contributed by atoms with van der Waals surface area (Å²) in [5.41, 5.74) is 0. The predicted octanol–water partition coefficient (Wildman–Crippen LogP) is 2.57. The molecule has 3 rings (SSSR count). The monoisotopic (exact) mass is 340 g/mol. The van der Waals surface area contributed by atoms with Gasteiger partial charge in [-0.15, -0.1) is 0 Å². The number of rotatable bonds is 4. The number of nitrogens with zero attached hydrogens (tertiary/aromatic N) is 2. The van der Waals surface area contributed by atoms with Crippen LogP contribution in [0.25, 0.3) is 6.08 Å². The van der Waals surface area contributed by atoms with E-state index in [0.29, 0.717) is 22.4 Å². The molecule has 2 aliphatic heterocycles. The van der Waals surface area contributed by atoms with E-state index in [4.69, 9.17) is 21.4 Å². The summed E-state index contributed by atoms with van der Waals surface area (Å²) in [5.74, 6) is -0.324. The molecule has 22 heavy (non-hydrogen) atoms. The maximum atomic E-state index is 12.4. The second kappa shape index (κ2) is 6.19. The van der Waals surface area contributed by atoms with Crippen LogP contribution in [0.15, 0.2) is 21.5 Å². The number of hydrogen-bond donors (Lipinski definition) is 0. The van der Waals surface area contributed by atoms with Crippen LogP contribution in [0.2, 0.25) is 0 Å². The number of carbonyl (C=O) groups excluding carboxylic acids is 1. The zero-order chi connectivity index (χ0) is 15.7. The molecule has 0 N–H and O–H groups in total. The average Bonchev–Trinajstić information content (AvgIpc) is 3.18. The first kappa shape index (κ1) is 15.2. The lowest BCUT2D eigenvalue weighted by Crippen LogP contribution is -2.35. The van der Waals surface area contributed by atoms with E-state index in [2.05, 4.69) is 0 Å². The lowest BCUT2D eigenvalue weighted by atomic mass is 10.2. The van der Waals surface area contributed by atoms with Crippen molar-refractivity contribution in [3.63, 3.8) is 0 Å². The first-order valence-corrected chi connectivity index (χ1v) is 7.88. The van der Waals surface area contributed by atoms with Gasteiger partial charge in [-0.3, -0.25) is 19.8 Å². The zero-order valence-corrected chi connectivity index (χ0v) is 13.0. The topological polar surface area (TPSA) is 85.8 Å². The summed E-state index contributed by atoms with van der Waals surface area (Å²) in [6.07, 6.45) is 3.40. The van der Waals surface area contributed by atoms with E-state index in [1.165, 1.54) is 23.1 Å². The van der Waals surface area contributed by atoms with Gasteiger partial charge in [0, 0.05) is 12.7 Å². The maximum absolute atomic E-state index is 12.4. The van der Waals surface area contributed by atoms with E-state index in [-0.39, 0.29) is 23.7 Å². The Kier molecular flexibility index (Phi) is 4.27. The summed E-state index contributed by atoms with van der Waals surface area (Å²) < 4.78 is 11.0. The van der Waals surface area contributed by atoms with Crippen molar-refractivity contribution in [3.05, 3.63) is 32.9 Å². The Hall–Kier alpha value is -1.71. The van der Waals surface area contributed by atoms with Crippen molar-refractivity contribution in [2.24, 2.45) is 0 Å². The third-order valence-electron chi connectivity index (χ3n) is 3.35. The van der Waals surface area contributed by atoms with Gasteiger partial charge in [-0.05, 0) is 18.9 Å². The molecule has 0 spiro atoms. The van der Waals surface area contributed by atoms with Gasteiger partial charge in [0.1, 0.15) is 15.0 Å². The Bertz CT molecular complexity index is 663. The highest BCUT2D eigenvalue weighted by Crippen LogP contribution is 2.34. The summed E-state index contributed by atoms with van der Waals surface area (Å²) in [5, 5.41) is 10.6. The molecular formula is C13H12N2O5S2. The summed E-state index contributed by atoms with van der Waals surface area (Å²) >= 11 is 6.39. The van der Waals surface area contributed by atoms with Crippen molar-refractivity contribution in [2.75, 3.05) is 13.2 Å². The molecule has 7 nitrogen and oxygen atoms in total. The highest BCUT2D eigenvalue weighted by molar-refractivity contribution is 8.26. The van der Waals surface area contributed by atoms with Gasteiger partial charge in [0.25, 0.3) is 5.91 Å². The van der Waals surface area contributed by atoms with Gasteiger partial charge < -0.3 is 9.15 Å². The SMILES string of the molecule is O=C1C(=Cc2ccc([N+](=O)[O-])o2)SC(=S)N1CC1CCCO1. The zero-order valence-electron chi connectivity index (χ0n) is 11.4. The Morgan fingerprint density at radius 3 is 3.00 bits per heavy atom. The van der Waals surface area contributed by atoms with E-state index in [0.717, 1.165) is 24.6 Å². The number of carbonyl (C=O) groups is 1. The molecule has 0 aliphatic carbocycles. The van der Waals surface area contributed by atoms with Crippen molar-refractivity contribution in [2.45, 2.75) is 18.9 Å². The van der Waals surface area contributed by atoms with Gasteiger partial charge in [0.05, 0.1) is 23.6 Å². The molecule has 1 atom stereocenters. The van der Waals surface area contributed by atoms with Crippen LogP contribution in [-0.2, 0) is 9.53 Å². The summed E-state index contributed by atoms with van der Waals surface area (Å²) in [4.78, 5) is 24.2. The Morgan fingerprint density at radius 2 is 2.36 bits per heavy atom. The number of thioether (sulfide) groups is 1. The molecule has 0 aromatic carbocycles. The molecule has 1 aromatic rings. The fourth-order valence-corrected chi connectivity index (χ4v) is 3.55. The minimum atomic E-state index is -0.625. The third-order valence-corrected chi connectivity index (χ3v) is 4.73. The van der Waals surface area contributed by atoms with E-state index >= 15 is 0 Å². The van der Waals surface area contributed by atoms with Gasteiger partial charge in [0.15, 0.2) is 0 Å². The molecule has 0 radical (unpaired) electrons. The molecule has 116 valence electrons. The van der Waals surface area contributed by atoms with Crippen LogP contribution in [0, 0.1) is 10.1 Å². The van der Waals surface area contributed by atoms with Gasteiger partial charge in [-0.25, -0.2) is 0 Å². The summed E-state index contributed by atoms with van der Waals surface area (Å²) in [6, 6.07) is 2.70. The molecule has 2 fully saturated rings. The van der Waals surface area contributed by atoms with E-state index in [1.54, 1.807) is 0 Å². The van der Waals surface area contributed by atoms with Crippen LogP contribution in [0.4, 0.5) is 5.88 Å². The molecule has 2 aliphatic rings. The molecule has 9 heteroatoms. The summed E-state index contributed by atoms with van der Waals surface area (Å²) in [6.45, 7) is 1.16. The van der Waals surface area contributed by atoms with E-state index in [9.17, 15) is 14.9 Å². The van der Waals surface area contributed by atoms with Gasteiger partial charge in [-0.1, -0.05) is 24.0 Å². The number of amides is 1. The van der Waals surface area contributed by atoms with Crippen molar-refractivity contribution in [1.29, 1.82) is 0 Å². The second-order valence-electron chi connectivity index (χ2n) is 4.86. The largest absolute Gasteiger partial charge is 0.433 e. The Morgan fingerprint density at radius 1 is 1.55 bits per heavy atom. The predicted molar refractivity (Wildman–Crippen MR) is 84.2 cm³/mol. The molecule has 1 unspecified atom stereocenters. The van der Waals surface area contributed by atoms with Crippen LogP contribution < -0.4 is 0 Å². The molecular weight excluding hydrogens is 328 g/mol. The quantitative estimate of drug-likeness (QED) is 0.360. The van der Waals surface area contributed by atoms with Crippen LogP contribution in [-0.4, -0.2) is 39.3 Å². The first-order chi connectivity index (χ1) is 10.5. The van der Waals surface area contributed by atoms with E-state index in [1.807, 2.05) is 0 Å². The molecule has 2 saturated heterocycles. The fourth-order valence-electron chi connectivity index (χ4n) is 2.30. The molecule has 0 bridgehead atoms. The molecule has 1 aromatic heterocycles. The number of nitro groups is 1. The highest BCUT2D eigenvalue weighted by atomic mass is 32.2. The van der Waals surface area contributed by atoms with Crippen molar-refractivity contribution in [3.8, 4) is 0 Å². The van der Waals surface area contributed by atoms with Gasteiger partial charge in [0.2, 0.25) is 0 Å². The fraction of sp³-hybridized carbons (Fsp3) is 0.385. The molecule has 3 heterocycles. The highest BCUT2D eigenvalue weighted by Gasteiger charge is 2.34. The Labute approximate surface area is 135 Å². The maximum Gasteiger partial charge on any atom is 0.433 e. The Balaban J connectivity index is 1.74. The number of furan rings is 1. The first-order valence-electron chi connectivity index (χ1n) is 6.66. The van der Waals surface area contributed by atoms with Crippen LogP contribution in [0.1, 0.15) is 18.6 Å². The van der Waals surface area contributed by atoms with Gasteiger partial charge in [-0.2, -0.15) is 0 Å². The second-order valence-corrected chi connectivity index (χ2v) is 6.54. The number of thiocarbonyl (C=S) groups is 1. The lowest BCUT2D eigenvalue weighted by molar-refractivity contribution is -0.402. The van der Waals surface area contributed by atoms with Crippen molar-refractivity contribution < 1.29 is 18.9 Å². The number of hydrogen-bond acceptors (Lipinski definition) is 7. The molecule has 1 amide bonds. The van der Waals surface area contributed by atoms with Crippen LogP contribution in [0.5, 0.6) is 0 Å². The standard InChI is InChI=1S/C13H12N2O5S2/c16-12-10(6-8-3-4-11(20-8)15(17)18)22-13(21)14(12)7-9-2-1-5-19-9/h3-4,6,9H,1-2,5,7H2. The summed E-state index contributed by atoms with van der Waals surface area (Å²) in [7, 11) is 0. The minimum absolute atomic E-state index is 0.0200. The lowest BCUT2D eigenvalue weighted by Gasteiger charge is -2.18. The van der Waals surface area contributed by atoms with Crippen LogP contribution >= 0.6 is 24.0 Å². The van der Waals surface area contributed by atoms with Crippen molar-refractivity contribution >= 4 is 46.2 Å². The van der Waals surface area contributed by atoms with Gasteiger partial charge >= 0.3 is 5.88 Å². The van der Waals surface area contributed by atoms with Crippen LogP contribution in [0.3, 0.4) is 0 Å². The molecule has 0 saturated carbocycles.